The van der Waals surface area contributed by atoms with Gasteiger partial charge in [-0.25, -0.2) is 4.98 Å². The number of nitrogens with one attached hydrogen (secondary N) is 2. The second-order valence-corrected chi connectivity index (χ2v) is 7.52. The van der Waals surface area contributed by atoms with Crippen molar-refractivity contribution in [3.63, 3.8) is 0 Å². The molecule has 3 heterocycles. The fourth-order valence-corrected chi connectivity index (χ4v) is 3.65. The molecule has 3 aromatic heterocycles. The first-order chi connectivity index (χ1) is 13.6. The molecule has 2 aliphatic carbocycles. The molecule has 0 unspecified atom stereocenters. The average molecular weight is 373 g/mol. The van der Waals surface area contributed by atoms with Crippen LogP contribution in [-0.4, -0.2) is 37.9 Å². The smallest absolute Gasteiger partial charge is 0.229 e. The lowest BCUT2D eigenvalue weighted by Gasteiger charge is -2.08. The highest BCUT2D eigenvalue weighted by Crippen LogP contribution is 2.70. The van der Waals surface area contributed by atoms with Gasteiger partial charge < -0.3 is 10.6 Å². The number of carbonyl (C=O) groups is 1. The van der Waals surface area contributed by atoms with Crippen LogP contribution in [0, 0.1) is 23.2 Å². The van der Waals surface area contributed by atoms with E-state index in [1.165, 1.54) is 12.8 Å². The molecule has 2 N–H and O–H groups in total. The standard InChI is InChI=1S/C20H19N7O/c1-21-18-17-14(13(10-22-18)4-3-12-9-23-27(2)11-12)7-16(25-26-17)24-19(28)15-8-20(15)5-6-20/h7,9-11,15H,5-6,8H2,1-2H3,(H,21,22)(H,24,25,28)/t15-/m1/s1. The molecule has 2 fully saturated rings. The van der Waals surface area contributed by atoms with Crippen LogP contribution >= 0.6 is 0 Å². The Bertz CT molecular complexity index is 1170. The van der Waals surface area contributed by atoms with E-state index in [2.05, 4.69) is 42.8 Å². The number of rotatable bonds is 3. The quantitative estimate of drug-likeness (QED) is 0.681. The van der Waals surface area contributed by atoms with Crippen LogP contribution in [-0.2, 0) is 11.8 Å². The lowest BCUT2D eigenvalue weighted by molar-refractivity contribution is -0.117. The Labute approximate surface area is 161 Å². The van der Waals surface area contributed by atoms with Gasteiger partial charge in [0, 0.05) is 37.8 Å². The Morgan fingerprint density at radius 3 is 2.82 bits per heavy atom. The third kappa shape index (κ3) is 2.85. The highest BCUT2D eigenvalue weighted by Gasteiger charge is 2.65. The Morgan fingerprint density at radius 1 is 1.29 bits per heavy atom. The van der Waals surface area contributed by atoms with E-state index < -0.39 is 0 Å². The van der Waals surface area contributed by atoms with Gasteiger partial charge in [0.2, 0.25) is 5.91 Å². The lowest BCUT2D eigenvalue weighted by atomic mass is 10.1. The zero-order valence-electron chi connectivity index (χ0n) is 15.7. The van der Waals surface area contributed by atoms with Crippen LogP contribution in [0.5, 0.6) is 0 Å². The van der Waals surface area contributed by atoms with Gasteiger partial charge in [-0.2, -0.15) is 5.10 Å². The molecule has 0 saturated heterocycles. The fourth-order valence-electron chi connectivity index (χ4n) is 3.65. The minimum absolute atomic E-state index is 0.0389. The van der Waals surface area contributed by atoms with Crippen molar-refractivity contribution in [2.75, 3.05) is 17.7 Å². The van der Waals surface area contributed by atoms with Gasteiger partial charge in [0.15, 0.2) is 11.6 Å². The summed E-state index contributed by atoms with van der Waals surface area (Å²) in [4.78, 5) is 16.8. The molecule has 3 aromatic rings. The van der Waals surface area contributed by atoms with Crippen molar-refractivity contribution in [2.24, 2.45) is 18.4 Å². The summed E-state index contributed by atoms with van der Waals surface area (Å²) in [5, 5.41) is 19.3. The van der Waals surface area contributed by atoms with Crippen LogP contribution < -0.4 is 10.6 Å². The van der Waals surface area contributed by atoms with E-state index in [1.54, 1.807) is 24.1 Å². The molecule has 8 heteroatoms. The van der Waals surface area contributed by atoms with Gasteiger partial charge in [-0.15, -0.1) is 10.2 Å². The van der Waals surface area contributed by atoms with Gasteiger partial charge in [0.1, 0.15) is 5.52 Å². The van der Waals surface area contributed by atoms with E-state index in [9.17, 15) is 4.79 Å². The summed E-state index contributed by atoms with van der Waals surface area (Å²) in [6.07, 6.45) is 8.58. The first kappa shape index (κ1) is 16.7. The minimum Gasteiger partial charge on any atom is -0.371 e. The van der Waals surface area contributed by atoms with Crippen molar-refractivity contribution in [1.29, 1.82) is 0 Å². The molecule has 0 aromatic carbocycles. The van der Waals surface area contributed by atoms with Crippen LogP contribution in [0.15, 0.2) is 24.7 Å². The number of aromatic nitrogens is 5. The molecule has 0 bridgehead atoms. The van der Waals surface area contributed by atoms with Crippen LogP contribution in [0.25, 0.3) is 10.9 Å². The van der Waals surface area contributed by atoms with Crippen molar-refractivity contribution in [3.8, 4) is 11.8 Å². The number of carbonyl (C=O) groups excluding carboxylic acids is 1. The number of hydrogen-bond acceptors (Lipinski definition) is 6. The van der Waals surface area contributed by atoms with Crippen LogP contribution in [0.2, 0.25) is 0 Å². The van der Waals surface area contributed by atoms with Crippen molar-refractivity contribution < 1.29 is 4.79 Å². The number of anilines is 2. The zero-order valence-corrected chi connectivity index (χ0v) is 15.7. The third-order valence-electron chi connectivity index (χ3n) is 5.56. The number of aryl methyl sites for hydroxylation is 1. The maximum atomic E-state index is 12.4. The SMILES string of the molecule is CNc1ncc(C#Cc2cnn(C)c2)c2cc(NC(=O)[C@H]3CC34CC4)nnc12. The largest absolute Gasteiger partial charge is 0.371 e. The molecular weight excluding hydrogens is 354 g/mol. The second-order valence-electron chi connectivity index (χ2n) is 7.52. The summed E-state index contributed by atoms with van der Waals surface area (Å²) >= 11 is 0. The Hall–Kier alpha value is -3.47. The van der Waals surface area contributed by atoms with E-state index in [0.29, 0.717) is 28.1 Å². The summed E-state index contributed by atoms with van der Waals surface area (Å²) in [6.45, 7) is 0. The Balaban J connectivity index is 1.50. The molecule has 28 heavy (non-hydrogen) atoms. The van der Waals surface area contributed by atoms with Crippen LogP contribution in [0.3, 0.4) is 0 Å². The molecular formula is C20H19N7O. The Kier molecular flexibility index (Phi) is 3.59. The van der Waals surface area contributed by atoms with Crippen molar-refractivity contribution in [1.82, 2.24) is 25.0 Å². The topological polar surface area (TPSA) is 97.6 Å². The average Bonchev–Trinajstić information content (AvgIpc) is 3.60. The molecule has 1 atom stereocenters. The summed E-state index contributed by atoms with van der Waals surface area (Å²) in [5.41, 5.74) is 2.45. The summed E-state index contributed by atoms with van der Waals surface area (Å²) in [6, 6.07) is 1.82. The van der Waals surface area contributed by atoms with E-state index in [1.807, 2.05) is 19.3 Å². The van der Waals surface area contributed by atoms with Crippen molar-refractivity contribution in [3.05, 3.63) is 35.8 Å². The highest BCUT2D eigenvalue weighted by molar-refractivity contribution is 5.98. The number of nitrogens with zero attached hydrogens (tertiary/aromatic N) is 5. The van der Waals surface area contributed by atoms with Crippen molar-refractivity contribution in [2.45, 2.75) is 19.3 Å². The van der Waals surface area contributed by atoms with Crippen LogP contribution in [0.4, 0.5) is 11.6 Å². The lowest BCUT2D eigenvalue weighted by Crippen LogP contribution is -2.16. The second kappa shape index (κ2) is 6.02. The van der Waals surface area contributed by atoms with Gasteiger partial charge in [-0.3, -0.25) is 9.48 Å². The predicted molar refractivity (Wildman–Crippen MR) is 104 cm³/mol. The third-order valence-corrected chi connectivity index (χ3v) is 5.56. The van der Waals surface area contributed by atoms with Gasteiger partial charge in [-0.05, 0) is 30.7 Å². The van der Waals surface area contributed by atoms with Crippen LogP contribution in [0.1, 0.15) is 30.4 Å². The molecule has 1 amide bonds. The molecule has 2 aliphatic rings. The summed E-state index contributed by atoms with van der Waals surface area (Å²) in [7, 11) is 3.63. The molecule has 8 nitrogen and oxygen atoms in total. The van der Waals surface area contributed by atoms with Gasteiger partial charge in [0.25, 0.3) is 0 Å². The molecule has 2 saturated carbocycles. The number of amides is 1. The monoisotopic (exact) mass is 373 g/mol. The van der Waals surface area contributed by atoms with Gasteiger partial charge >= 0.3 is 0 Å². The fraction of sp³-hybridized carbons (Fsp3) is 0.350. The molecule has 140 valence electrons. The van der Waals surface area contributed by atoms with E-state index >= 15 is 0 Å². The first-order valence-corrected chi connectivity index (χ1v) is 9.24. The number of hydrogen-bond donors (Lipinski definition) is 2. The van der Waals surface area contributed by atoms with Gasteiger partial charge in [0.05, 0.1) is 17.3 Å². The van der Waals surface area contributed by atoms with E-state index in [4.69, 9.17) is 0 Å². The molecule has 1 spiro atoms. The highest BCUT2D eigenvalue weighted by atomic mass is 16.2. The normalized spacial score (nSPS) is 18.4. The predicted octanol–water partition coefficient (Wildman–Crippen LogP) is 1.94. The minimum atomic E-state index is 0.0389. The van der Waals surface area contributed by atoms with Gasteiger partial charge in [-0.1, -0.05) is 11.8 Å². The molecule has 0 radical (unpaired) electrons. The number of fused-ring (bicyclic) bond motifs is 1. The van der Waals surface area contributed by atoms with Crippen molar-refractivity contribution >= 4 is 28.4 Å². The van der Waals surface area contributed by atoms with E-state index in [0.717, 1.165) is 17.4 Å². The summed E-state index contributed by atoms with van der Waals surface area (Å²) in [5.74, 6) is 7.45. The first-order valence-electron chi connectivity index (χ1n) is 9.24. The molecule has 0 aliphatic heterocycles. The molecule has 5 rings (SSSR count). The zero-order chi connectivity index (χ0) is 19.3. The Morgan fingerprint density at radius 2 is 2.14 bits per heavy atom. The summed E-state index contributed by atoms with van der Waals surface area (Å²) < 4.78 is 1.70. The number of pyridine rings is 1. The maximum absolute atomic E-state index is 12.4. The maximum Gasteiger partial charge on any atom is 0.229 e. The van der Waals surface area contributed by atoms with E-state index in [-0.39, 0.29) is 11.8 Å².